The predicted molar refractivity (Wildman–Crippen MR) is 85.0 cm³/mol. The van der Waals surface area contributed by atoms with E-state index < -0.39 is 0 Å². The monoisotopic (exact) mass is 271 g/mol. The van der Waals surface area contributed by atoms with Crippen molar-refractivity contribution in [2.24, 2.45) is 0 Å². The summed E-state index contributed by atoms with van der Waals surface area (Å²) < 4.78 is 2.52. The Kier molecular flexibility index (Phi) is 2.86. The first-order chi connectivity index (χ1) is 9.37. The quantitative estimate of drug-likeness (QED) is 0.832. The van der Waals surface area contributed by atoms with Crippen molar-refractivity contribution < 1.29 is 0 Å². The van der Waals surface area contributed by atoms with Crippen LogP contribution >= 0.6 is 0 Å². The van der Waals surface area contributed by atoms with Crippen molar-refractivity contribution in [3.63, 3.8) is 0 Å². The van der Waals surface area contributed by atoms with E-state index in [-0.39, 0.29) is 11.0 Å². The highest BCUT2D eigenvalue weighted by Crippen LogP contribution is 2.46. The minimum atomic E-state index is 0.0472. The third-order valence-electron chi connectivity index (χ3n) is 4.77. The van der Waals surface area contributed by atoms with Crippen LogP contribution in [0.5, 0.6) is 0 Å². The van der Waals surface area contributed by atoms with Gasteiger partial charge in [-0.05, 0) is 43.9 Å². The second-order valence-electron chi connectivity index (χ2n) is 7.20. The summed E-state index contributed by atoms with van der Waals surface area (Å²) in [6.45, 7) is 9.04. The largest absolute Gasteiger partial charge is 0.399 e. The van der Waals surface area contributed by atoms with E-state index in [1.807, 2.05) is 12.1 Å². The maximum absolute atomic E-state index is 5.93. The number of nitrogens with zero attached hydrogens (tertiary/aromatic N) is 2. The number of hydrogen-bond donors (Lipinski definition) is 1. The lowest BCUT2D eigenvalue weighted by molar-refractivity contribution is 0.132. The molecule has 3 rings (SSSR count). The third-order valence-corrected chi connectivity index (χ3v) is 4.77. The average molecular weight is 271 g/mol. The molecule has 108 valence electrons. The van der Waals surface area contributed by atoms with Gasteiger partial charge < -0.3 is 10.3 Å². The van der Waals surface area contributed by atoms with E-state index >= 15 is 0 Å². The first-order valence-electron chi connectivity index (χ1n) is 7.66. The first kappa shape index (κ1) is 13.5. The second kappa shape index (κ2) is 4.24. The van der Waals surface area contributed by atoms with E-state index in [2.05, 4.69) is 38.3 Å². The van der Waals surface area contributed by atoms with Crippen LogP contribution in [-0.2, 0) is 11.0 Å². The van der Waals surface area contributed by atoms with Crippen LogP contribution in [0.25, 0.3) is 11.0 Å². The maximum Gasteiger partial charge on any atom is 0.115 e. The number of rotatable bonds is 2. The molecule has 0 bridgehead atoms. The Bertz CT molecular complexity index is 637. The van der Waals surface area contributed by atoms with Crippen LogP contribution in [0.4, 0.5) is 5.69 Å². The van der Waals surface area contributed by atoms with Crippen molar-refractivity contribution in [2.45, 2.75) is 64.3 Å². The standard InChI is InChI=1S/C17H25N3/c1-5-17(9-6-10-17)20-14-8-7-12(18)11-13(14)19-15(20)16(2,3)4/h7-8,11H,5-6,9-10,18H2,1-4H3. The lowest BCUT2D eigenvalue weighted by Gasteiger charge is -2.45. The molecule has 0 aliphatic heterocycles. The molecule has 0 spiro atoms. The number of aromatic nitrogens is 2. The molecule has 3 heteroatoms. The fourth-order valence-electron chi connectivity index (χ4n) is 3.40. The minimum Gasteiger partial charge on any atom is -0.399 e. The number of nitrogens with two attached hydrogens (primary N) is 1. The summed E-state index contributed by atoms with van der Waals surface area (Å²) in [6.07, 6.45) is 5.03. The zero-order valence-corrected chi connectivity index (χ0v) is 13.0. The Morgan fingerprint density at radius 2 is 2.00 bits per heavy atom. The molecule has 0 radical (unpaired) electrons. The minimum absolute atomic E-state index is 0.0472. The summed E-state index contributed by atoms with van der Waals surface area (Å²) in [7, 11) is 0. The molecule has 1 aromatic heterocycles. The Morgan fingerprint density at radius 1 is 1.30 bits per heavy atom. The smallest absolute Gasteiger partial charge is 0.115 e. The first-order valence-corrected chi connectivity index (χ1v) is 7.66. The number of fused-ring (bicyclic) bond motifs is 1. The number of nitrogen functional groups attached to an aromatic ring is 1. The van der Waals surface area contributed by atoms with E-state index in [1.54, 1.807) is 0 Å². The van der Waals surface area contributed by atoms with Gasteiger partial charge in [0.25, 0.3) is 0 Å². The van der Waals surface area contributed by atoms with Crippen LogP contribution < -0.4 is 5.73 Å². The van der Waals surface area contributed by atoms with Gasteiger partial charge in [-0.1, -0.05) is 27.7 Å². The number of imidazole rings is 1. The highest BCUT2D eigenvalue weighted by molar-refractivity contribution is 5.80. The molecule has 3 nitrogen and oxygen atoms in total. The Balaban J connectivity index is 2.32. The van der Waals surface area contributed by atoms with Gasteiger partial charge in [0.1, 0.15) is 5.82 Å². The molecule has 1 fully saturated rings. The summed E-state index contributed by atoms with van der Waals surface area (Å²) >= 11 is 0. The van der Waals surface area contributed by atoms with Gasteiger partial charge in [-0.25, -0.2) is 4.98 Å². The molecule has 2 aromatic rings. The van der Waals surface area contributed by atoms with Gasteiger partial charge in [-0.3, -0.25) is 0 Å². The van der Waals surface area contributed by atoms with Crippen LogP contribution in [-0.4, -0.2) is 9.55 Å². The number of hydrogen-bond acceptors (Lipinski definition) is 2. The third kappa shape index (κ3) is 1.83. The van der Waals surface area contributed by atoms with Gasteiger partial charge in [-0.15, -0.1) is 0 Å². The molecule has 1 aliphatic rings. The second-order valence-corrected chi connectivity index (χ2v) is 7.20. The van der Waals surface area contributed by atoms with E-state index in [9.17, 15) is 0 Å². The van der Waals surface area contributed by atoms with Crippen LogP contribution in [0.15, 0.2) is 18.2 Å². The van der Waals surface area contributed by atoms with Crippen molar-refractivity contribution in [2.75, 3.05) is 5.73 Å². The molecule has 0 saturated heterocycles. The van der Waals surface area contributed by atoms with Gasteiger partial charge in [0.05, 0.1) is 11.0 Å². The zero-order valence-electron chi connectivity index (χ0n) is 13.0. The molecule has 0 amide bonds. The topological polar surface area (TPSA) is 43.8 Å². The molecule has 0 atom stereocenters. The van der Waals surface area contributed by atoms with Crippen molar-refractivity contribution >= 4 is 16.7 Å². The van der Waals surface area contributed by atoms with Crippen LogP contribution in [0.2, 0.25) is 0 Å². The molecule has 1 heterocycles. The summed E-state index contributed by atoms with van der Waals surface area (Å²) in [4.78, 5) is 4.92. The Morgan fingerprint density at radius 3 is 2.50 bits per heavy atom. The normalized spacial score (nSPS) is 18.2. The predicted octanol–water partition coefficient (Wildman–Crippen LogP) is 4.21. The molecule has 2 N–H and O–H groups in total. The molecule has 1 aliphatic carbocycles. The fraction of sp³-hybridized carbons (Fsp3) is 0.588. The molecular weight excluding hydrogens is 246 g/mol. The van der Waals surface area contributed by atoms with E-state index in [1.165, 1.54) is 37.0 Å². The number of anilines is 1. The zero-order chi connectivity index (χ0) is 14.5. The molecular formula is C17H25N3. The van der Waals surface area contributed by atoms with Crippen LogP contribution in [0, 0.1) is 0 Å². The Labute approximate surface area is 121 Å². The molecule has 0 unspecified atom stereocenters. The van der Waals surface area contributed by atoms with Crippen molar-refractivity contribution in [3.8, 4) is 0 Å². The summed E-state index contributed by atoms with van der Waals surface area (Å²) in [5.41, 5.74) is 9.32. The fourth-order valence-corrected chi connectivity index (χ4v) is 3.40. The summed E-state index contributed by atoms with van der Waals surface area (Å²) in [5.74, 6) is 1.19. The van der Waals surface area contributed by atoms with Crippen molar-refractivity contribution in [1.29, 1.82) is 0 Å². The SMILES string of the molecule is CCC1(n2c(C(C)(C)C)nc3cc(N)ccc32)CCC1. The van der Waals surface area contributed by atoms with Crippen molar-refractivity contribution in [3.05, 3.63) is 24.0 Å². The summed E-state index contributed by atoms with van der Waals surface area (Å²) in [6, 6.07) is 6.14. The van der Waals surface area contributed by atoms with Gasteiger partial charge >= 0.3 is 0 Å². The lowest BCUT2D eigenvalue weighted by Crippen LogP contribution is -2.42. The van der Waals surface area contributed by atoms with Crippen LogP contribution in [0.3, 0.4) is 0 Å². The van der Waals surface area contributed by atoms with E-state index in [4.69, 9.17) is 10.7 Å². The van der Waals surface area contributed by atoms with E-state index in [0.29, 0.717) is 0 Å². The lowest BCUT2D eigenvalue weighted by atomic mass is 9.73. The van der Waals surface area contributed by atoms with Gasteiger partial charge in [0.2, 0.25) is 0 Å². The van der Waals surface area contributed by atoms with Crippen molar-refractivity contribution in [1.82, 2.24) is 9.55 Å². The average Bonchev–Trinajstić information content (AvgIpc) is 2.67. The van der Waals surface area contributed by atoms with E-state index in [0.717, 1.165) is 11.2 Å². The Hall–Kier alpha value is -1.51. The number of benzene rings is 1. The maximum atomic E-state index is 5.93. The highest BCUT2D eigenvalue weighted by atomic mass is 15.2. The highest BCUT2D eigenvalue weighted by Gasteiger charge is 2.41. The molecule has 1 aromatic carbocycles. The van der Waals surface area contributed by atoms with Gasteiger partial charge in [-0.2, -0.15) is 0 Å². The van der Waals surface area contributed by atoms with Gasteiger partial charge in [0, 0.05) is 16.6 Å². The molecule has 1 saturated carbocycles. The van der Waals surface area contributed by atoms with Gasteiger partial charge in [0.15, 0.2) is 0 Å². The molecule has 20 heavy (non-hydrogen) atoms. The summed E-state index contributed by atoms with van der Waals surface area (Å²) in [5, 5.41) is 0. The van der Waals surface area contributed by atoms with Crippen LogP contribution in [0.1, 0.15) is 59.2 Å².